The Labute approximate surface area is 107 Å². The third-order valence-electron chi connectivity index (χ3n) is 3.03. The Bertz CT molecular complexity index is 442. The van der Waals surface area contributed by atoms with Crippen molar-refractivity contribution in [1.29, 1.82) is 5.26 Å². The first kappa shape index (κ1) is 14.5. The molecule has 1 atom stereocenters. The van der Waals surface area contributed by atoms with Crippen molar-refractivity contribution >= 4 is 0 Å². The Morgan fingerprint density at radius 3 is 2.83 bits per heavy atom. The van der Waals surface area contributed by atoms with E-state index in [0.29, 0.717) is 31.6 Å². The smallest absolute Gasteiger partial charge is 0.126 e. The monoisotopic (exact) mass is 250 g/mol. The number of nitriles is 1. The first-order valence-electron chi connectivity index (χ1n) is 6.10. The lowest BCUT2D eigenvalue weighted by molar-refractivity contribution is 0.288. The van der Waals surface area contributed by atoms with Crippen molar-refractivity contribution in [2.45, 2.75) is 38.6 Å². The van der Waals surface area contributed by atoms with Crippen LogP contribution in [0.2, 0.25) is 0 Å². The topological polar surface area (TPSA) is 59.0 Å². The summed E-state index contributed by atoms with van der Waals surface area (Å²) in [7, 11) is 0. The van der Waals surface area contributed by atoms with E-state index in [4.69, 9.17) is 15.7 Å². The molecule has 0 bridgehead atoms. The van der Waals surface area contributed by atoms with Crippen LogP contribution in [-0.2, 0) is 0 Å². The zero-order valence-corrected chi connectivity index (χ0v) is 10.9. The Morgan fingerprint density at radius 2 is 2.22 bits per heavy atom. The Kier molecular flexibility index (Phi) is 5.11. The zero-order valence-electron chi connectivity index (χ0n) is 10.9. The number of aryl methyl sites for hydroxylation is 1. The van der Waals surface area contributed by atoms with Crippen molar-refractivity contribution in [3.63, 3.8) is 0 Å². The van der Waals surface area contributed by atoms with Gasteiger partial charge in [0.15, 0.2) is 0 Å². The normalized spacial score (nSPS) is 13.7. The second kappa shape index (κ2) is 6.36. The first-order valence-corrected chi connectivity index (χ1v) is 6.10. The molecule has 0 aliphatic carbocycles. The highest BCUT2D eigenvalue weighted by Crippen LogP contribution is 2.20. The largest absolute Gasteiger partial charge is 0.493 e. The van der Waals surface area contributed by atoms with E-state index >= 15 is 0 Å². The molecule has 4 heteroatoms. The fraction of sp³-hybridized carbons (Fsp3) is 0.500. The number of nitrogens with zero attached hydrogens (tertiary/aromatic N) is 1. The first-order chi connectivity index (χ1) is 8.50. The number of hydrogen-bond acceptors (Lipinski definition) is 3. The quantitative estimate of drug-likeness (QED) is 0.790. The number of nitrogens with two attached hydrogens (primary N) is 1. The lowest BCUT2D eigenvalue weighted by Crippen LogP contribution is -2.37. The number of rotatable bonds is 6. The molecule has 0 amide bonds. The summed E-state index contributed by atoms with van der Waals surface area (Å²) in [5, 5.41) is 8.92. The lowest BCUT2D eigenvalue weighted by Gasteiger charge is -2.19. The molecule has 0 spiro atoms. The predicted molar refractivity (Wildman–Crippen MR) is 68.7 cm³/mol. The van der Waals surface area contributed by atoms with Crippen LogP contribution < -0.4 is 10.5 Å². The molecule has 1 unspecified atom stereocenters. The minimum absolute atomic E-state index is 0.311. The van der Waals surface area contributed by atoms with E-state index in [0.717, 1.165) is 5.56 Å². The molecule has 0 radical (unpaired) electrons. The van der Waals surface area contributed by atoms with Gasteiger partial charge >= 0.3 is 0 Å². The molecule has 0 aliphatic rings. The average Bonchev–Trinajstić information content (AvgIpc) is 2.38. The maximum Gasteiger partial charge on any atom is 0.126 e. The Hall–Kier alpha value is -1.60. The summed E-state index contributed by atoms with van der Waals surface area (Å²) < 4.78 is 18.5. The van der Waals surface area contributed by atoms with E-state index in [1.807, 2.05) is 13.8 Å². The molecule has 3 nitrogen and oxygen atoms in total. The van der Waals surface area contributed by atoms with Crippen LogP contribution >= 0.6 is 0 Å². The Morgan fingerprint density at radius 1 is 1.50 bits per heavy atom. The standard InChI is InChI=1S/C14H19FN2O/c1-3-14(17,10-16)7-4-8-18-13-9-12(15)6-5-11(13)2/h5-6,9H,3-4,7-8,17H2,1-2H3. The van der Waals surface area contributed by atoms with E-state index in [1.165, 1.54) is 12.1 Å². The van der Waals surface area contributed by atoms with Crippen molar-refractivity contribution in [3.8, 4) is 11.8 Å². The molecule has 0 saturated heterocycles. The van der Waals surface area contributed by atoms with Gasteiger partial charge in [-0.25, -0.2) is 4.39 Å². The molecule has 0 aromatic heterocycles. The average molecular weight is 250 g/mol. The third kappa shape index (κ3) is 4.01. The van der Waals surface area contributed by atoms with Crippen LogP contribution in [0.15, 0.2) is 18.2 Å². The van der Waals surface area contributed by atoms with Crippen LogP contribution in [0.1, 0.15) is 31.7 Å². The van der Waals surface area contributed by atoms with Crippen LogP contribution in [0.5, 0.6) is 5.75 Å². The molecule has 0 saturated carbocycles. The van der Waals surface area contributed by atoms with Gasteiger partial charge in [-0.15, -0.1) is 0 Å². The van der Waals surface area contributed by atoms with E-state index in [9.17, 15) is 4.39 Å². The van der Waals surface area contributed by atoms with Crippen molar-refractivity contribution in [2.75, 3.05) is 6.61 Å². The fourth-order valence-electron chi connectivity index (χ4n) is 1.61. The lowest BCUT2D eigenvalue weighted by atomic mass is 9.94. The van der Waals surface area contributed by atoms with E-state index in [2.05, 4.69) is 6.07 Å². The summed E-state index contributed by atoms with van der Waals surface area (Å²) in [4.78, 5) is 0. The molecule has 98 valence electrons. The predicted octanol–water partition coefficient (Wildman–Crippen LogP) is 2.92. The van der Waals surface area contributed by atoms with Crippen molar-refractivity contribution in [2.24, 2.45) is 5.73 Å². The zero-order chi connectivity index (χ0) is 13.6. The van der Waals surface area contributed by atoms with Gasteiger partial charge < -0.3 is 10.5 Å². The van der Waals surface area contributed by atoms with Crippen LogP contribution in [0.25, 0.3) is 0 Å². The second-order valence-electron chi connectivity index (χ2n) is 4.48. The van der Waals surface area contributed by atoms with Gasteiger partial charge in [0.1, 0.15) is 17.1 Å². The summed E-state index contributed by atoms with van der Waals surface area (Å²) in [6.45, 7) is 4.19. The van der Waals surface area contributed by atoms with Gasteiger partial charge in [0, 0.05) is 6.07 Å². The number of halogens is 1. The Balaban J connectivity index is 2.43. The summed E-state index contributed by atoms with van der Waals surface area (Å²) in [5.41, 5.74) is 5.97. The number of hydrogen-bond donors (Lipinski definition) is 1. The number of ether oxygens (including phenoxy) is 1. The second-order valence-corrected chi connectivity index (χ2v) is 4.48. The van der Waals surface area contributed by atoms with Crippen molar-refractivity contribution < 1.29 is 9.13 Å². The molecule has 0 heterocycles. The van der Waals surface area contributed by atoms with Gasteiger partial charge in [0.25, 0.3) is 0 Å². The molecule has 18 heavy (non-hydrogen) atoms. The van der Waals surface area contributed by atoms with E-state index < -0.39 is 5.54 Å². The summed E-state index contributed by atoms with van der Waals surface area (Å²) in [6.07, 6.45) is 1.87. The molecule has 0 aliphatic heterocycles. The minimum Gasteiger partial charge on any atom is -0.493 e. The van der Waals surface area contributed by atoms with Crippen molar-refractivity contribution in [1.82, 2.24) is 0 Å². The number of benzene rings is 1. The third-order valence-corrected chi connectivity index (χ3v) is 3.03. The SMILES string of the molecule is CCC(N)(C#N)CCCOc1cc(F)ccc1C. The minimum atomic E-state index is -0.777. The molecule has 0 fully saturated rings. The highest BCUT2D eigenvalue weighted by molar-refractivity contribution is 5.32. The summed E-state index contributed by atoms with van der Waals surface area (Å²) >= 11 is 0. The van der Waals surface area contributed by atoms with Gasteiger partial charge in [-0.2, -0.15) is 5.26 Å². The highest BCUT2D eigenvalue weighted by Gasteiger charge is 2.21. The summed E-state index contributed by atoms with van der Waals surface area (Å²) in [5.74, 6) is 0.237. The molecule has 1 rings (SSSR count). The molecule has 1 aromatic carbocycles. The van der Waals surface area contributed by atoms with Gasteiger partial charge in [-0.05, 0) is 37.8 Å². The van der Waals surface area contributed by atoms with Crippen LogP contribution in [-0.4, -0.2) is 12.1 Å². The molecular formula is C14H19FN2O. The van der Waals surface area contributed by atoms with Crippen LogP contribution in [0.4, 0.5) is 4.39 Å². The van der Waals surface area contributed by atoms with Gasteiger partial charge in [-0.1, -0.05) is 13.0 Å². The molecular weight excluding hydrogens is 231 g/mol. The highest BCUT2D eigenvalue weighted by atomic mass is 19.1. The van der Waals surface area contributed by atoms with Gasteiger partial charge in [-0.3, -0.25) is 0 Å². The van der Waals surface area contributed by atoms with Crippen LogP contribution in [0, 0.1) is 24.1 Å². The molecule has 1 aromatic rings. The van der Waals surface area contributed by atoms with E-state index in [1.54, 1.807) is 6.07 Å². The maximum atomic E-state index is 13.0. The van der Waals surface area contributed by atoms with Crippen molar-refractivity contribution in [3.05, 3.63) is 29.6 Å². The molecule has 2 N–H and O–H groups in total. The van der Waals surface area contributed by atoms with Gasteiger partial charge in [0.2, 0.25) is 0 Å². The maximum absolute atomic E-state index is 13.0. The van der Waals surface area contributed by atoms with Gasteiger partial charge in [0.05, 0.1) is 12.7 Å². The summed E-state index contributed by atoms with van der Waals surface area (Å²) in [6, 6.07) is 6.56. The van der Waals surface area contributed by atoms with Crippen LogP contribution in [0.3, 0.4) is 0 Å². The van der Waals surface area contributed by atoms with E-state index in [-0.39, 0.29) is 5.82 Å². The fourth-order valence-corrected chi connectivity index (χ4v) is 1.61.